The lowest BCUT2D eigenvalue weighted by atomic mass is 10.0. The molecule has 29 heavy (non-hydrogen) atoms. The standard InChI is InChI=1S/C23H28N4O2/c1-3-5-11-21-25-22(27(26-21)14-6-4-2)15-17-12-13-20(24-16-17)18-9-7-8-10-19(18)23(28)29/h7-10,12-13,16H,3-6,11,14-15H2,1-2H3,(H,28,29). The summed E-state index contributed by atoms with van der Waals surface area (Å²) in [7, 11) is 0. The number of rotatable bonds is 10. The third-order valence-corrected chi connectivity index (χ3v) is 4.89. The number of aromatic carboxylic acids is 1. The Morgan fingerprint density at radius 1 is 1.07 bits per heavy atom. The average molecular weight is 393 g/mol. The molecular formula is C23H28N4O2. The molecule has 0 bridgehead atoms. The third-order valence-electron chi connectivity index (χ3n) is 4.89. The van der Waals surface area contributed by atoms with E-state index in [0.29, 0.717) is 17.7 Å². The molecule has 1 N–H and O–H groups in total. The summed E-state index contributed by atoms with van der Waals surface area (Å²) in [5.74, 6) is 0.929. The summed E-state index contributed by atoms with van der Waals surface area (Å²) in [5, 5.41) is 14.1. The average Bonchev–Trinajstić information content (AvgIpc) is 3.12. The van der Waals surface area contributed by atoms with Gasteiger partial charge in [0.2, 0.25) is 0 Å². The Balaban J connectivity index is 1.81. The number of hydrogen-bond donors (Lipinski definition) is 1. The van der Waals surface area contributed by atoms with Crippen LogP contribution in [0.3, 0.4) is 0 Å². The largest absolute Gasteiger partial charge is 0.478 e. The molecule has 152 valence electrons. The number of aryl methyl sites for hydroxylation is 2. The van der Waals surface area contributed by atoms with Crippen molar-refractivity contribution in [2.45, 2.75) is 58.9 Å². The summed E-state index contributed by atoms with van der Waals surface area (Å²) in [6.07, 6.45) is 7.79. The van der Waals surface area contributed by atoms with Crippen molar-refractivity contribution in [3.63, 3.8) is 0 Å². The van der Waals surface area contributed by atoms with Crippen molar-refractivity contribution in [2.75, 3.05) is 0 Å². The predicted octanol–water partition coefficient (Wildman–Crippen LogP) is 4.77. The van der Waals surface area contributed by atoms with Crippen molar-refractivity contribution in [1.82, 2.24) is 19.7 Å². The Bertz CT molecular complexity index is 948. The number of aromatic nitrogens is 4. The van der Waals surface area contributed by atoms with Crippen LogP contribution in [-0.4, -0.2) is 30.8 Å². The van der Waals surface area contributed by atoms with E-state index in [2.05, 4.69) is 18.8 Å². The molecule has 2 aromatic heterocycles. The quantitative estimate of drug-likeness (QED) is 0.537. The van der Waals surface area contributed by atoms with Crippen LogP contribution in [0.25, 0.3) is 11.3 Å². The normalized spacial score (nSPS) is 11.0. The van der Waals surface area contributed by atoms with Gasteiger partial charge in [0.25, 0.3) is 0 Å². The van der Waals surface area contributed by atoms with Crippen LogP contribution in [0.4, 0.5) is 0 Å². The highest BCUT2D eigenvalue weighted by Gasteiger charge is 2.13. The number of benzene rings is 1. The zero-order valence-electron chi connectivity index (χ0n) is 17.1. The smallest absolute Gasteiger partial charge is 0.336 e. The fourth-order valence-electron chi connectivity index (χ4n) is 3.25. The zero-order chi connectivity index (χ0) is 20.6. The van der Waals surface area contributed by atoms with Gasteiger partial charge in [-0.1, -0.05) is 51.0 Å². The van der Waals surface area contributed by atoms with E-state index in [1.165, 1.54) is 0 Å². The van der Waals surface area contributed by atoms with Gasteiger partial charge < -0.3 is 5.11 Å². The second kappa shape index (κ2) is 9.96. The molecule has 0 aliphatic carbocycles. The number of pyridine rings is 1. The fraction of sp³-hybridized carbons (Fsp3) is 0.391. The molecule has 6 nitrogen and oxygen atoms in total. The Hall–Kier alpha value is -3.02. The Labute approximate surface area is 171 Å². The maximum absolute atomic E-state index is 11.5. The first-order valence-corrected chi connectivity index (χ1v) is 10.3. The van der Waals surface area contributed by atoms with Crippen LogP contribution in [0.1, 0.15) is 67.1 Å². The van der Waals surface area contributed by atoms with Crippen LogP contribution in [0.15, 0.2) is 42.6 Å². The van der Waals surface area contributed by atoms with E-state index in [9.17, 15) is 9.90 Å². The van der Waals surface area contributed by atoms with Gasteiger partial charge in [-0.15, -0.1) is 0 Å². The molecule has 0 spiro atoms. The van der Waals surface area contributed by atoms with E-state index in [4.69, 9.17) is 10.1 Å². The molecule has 3 rings (SSSR count). The van der Waals surface area contributed by atoms with Gasteiger partial charge in [-0.25, -0.2) is 14.5 Å². The van der Waals surface area contributed by atoms with Crippen LogP contribution in [0, 0.1) is 0 Å². The van der Waals surface area contributed by atoms with E-state index in [-0.39, 0.29) is 5.56 Å². The third kappa shape index (κ3) is 5.28. The van der Waals surface area contributed by atoms with Gasteiger partial charge in [-0.2, -0.15) is 5.10 Å². The van der Waals surface area contributed by atoms with E-state index < -0.39 is 5.97 Å². The Morgan fingerprint density at radius 3 is 2.55 bits per heavy atom. The molecule has 0 fully saturated rings. The molecule has 0 amide bonds. The molecule has 0 atom stereocenters. The summed E-state index contributed by atoms with van der Waals surface area (Å²) in [6.45, 7) is 5.22. The molecule has 0 aliphatic heterocycles. The maximum atomic E-state index is 11.5. The van der Waals surface area contributed by atoms with Gasteiger partial charge in [0.05, 0.1) is 11.3 Å². The molecule has 0 saturated heterocycles. The molecule has 0 saturated carbocycles. The minimum atomic E-state index is -0.949. The topological polar surface area (TPSA) is 80.9 Å². The van der Waals surface area contributed by atoms with E-state index in [0.717, 1.165) is 55.9 Å². The molecule has 0 unspecified atom stereocenters. The van der Waals surface area contributed by atoms with Gasteiger partial charge in [-0.05, 0) is 30.5 Å². The van der Waals surface area contributed by atoms with Crippen molar-refractivity contribution >= 4 is 5.97 Å². The Kier molecular flexibility index (Phi) is 7.11. The minimum absolute atomic E-state index is 0.257. The van der Waals surface area contributed by atoms with Gasteiger partial charge in [0.15, 0.2) is 5.82 Å². The molecule has 2 heterocycles. The monoisotopic (exact) mass is 392 g/mol. The fourth-order valence-corrected chi connectivity index (χ4v) is 3.25. The molecule has 0 aliphatic rings. The first kappa shape index (κ1) is 20.7. The Morgan fingerprint density at radius 2 is 1.86 bits per heavy atom. The van der Waals surface area contributed by atoms with Crippen molar-refractivity contribution < 1.29 is 9.90 Å². The lowest BCUT2D eigenvalue weighted by molar-refractivity contribution is 0.0697. The summed E-state index contributed by atoms with van der Waals surface area (Å²) >= 11 is 0. The first-order chi connectivity index (χ1) is 14.1. The van der Waals surface area contributed by atoms with Crippen molar-refractivity contribution in [3.8, 4) is 11.3 Å². The lowest BCUT2D eigenvalue weighted by Crippen LogP contribution is -2.07. The lowest BCUT2D eigenvalue weighted by Gasteiger charge is -2.07. The summed E-state index contributed by atoms with van der Waals surface area (Å²) < 4.78 is 2.03. The maximum Gasteiger partial charge on any atom is 0.336 e. The molecule has 3 aromatic rings. The number of hydrogen-bond acceptors (Lipinski definition) is 4. The first-order valence-electron chi connectivity index (χ1n) is 10.3. The van der Waals surface area contributed by atoms with Crippen molar-refractivity contribution in [2.24, 2.45) is 0 Å². The van der Waals surface area contributed by atoms with E-state index in [1.54, 1.807) is 24.4 Å². The number of carbonyl (C=O) groups is 1. The molecule has 6 heteroatoms. The molecule has 0 radical (unpaired) electrons. The number of carboxylic acids is 1. The minimum Gasteiger partial charge on any atom is -0.478 e. The molecular weight excluding hydrogens is 364 g/mol. The zero-order valence-corrected chi connectivity index (χ0v) is 17.1. The summed E-state index contributed by atoms with van der Waals surface area (Å²) in [5.41, 5.74) is 2.57. The highest BCUT2D eigenvalue weighted by atomic mass is 16.4. The van der Waals surface area contributed by atoms with Gasteiger partial charge in [0.1, 0.15) is 5.82 Å². The van der Waals surface area contributed by atoms with Crippen LogP contribution >= 0.6 is 0 Å². The number of carboxylic acid groups (broad SMARTS) is 1. The van der Waals surface area contributed by atoms with Crippen LogP contribution in [-0.2, 0) is 19.4 Å². The second-order valence-corrected chi connectivity index (χ2v) is 7.20. The van der Waals surface area contributed by atoms with Gasteiger partial charge >= 0.3 is 5.97 Å². The highest BCUT2D eigenvalue weighted by Crippen LogP contribution is 2.22. The SMILES string of the molecule is CCCCc1nc(Cc2ccc(-c3ccccc3C(=O)O)nc2)n(CCCC)n1. The van der Waals surface area contributed by atoms with E-state index in [1.807, 2.05) is 22.9 Å². The van der Waals surface area contributed by atoms with E-state index >= 15 is 0 Å². The van der Waals surface area contributed by atoms with Crippen LogP contribution in [0.2, 0.25) is 0 Å². The summed E-state index contributed by atoms with van der Waals surface area (Å²) in [4.78, 5) is 20.7. The van der Waals surface area contributed by atoms with Crippen molar-refractivity contribution in [3.05, 3.63) is 65.4 Å². The predicted molar refractivity (Wildman–Crippen MR) is 113 cm³/mol. The van der Waals surface area contributed by atoms with Crippen LogP contribution < -0.4 is 0 Å². The summed E-state index contributed by atoms with van der Waals surface area (Å²) in [6, 6.07) is 10.8. The second-order valence-electron chi connectivity index (χ2n) is 7.20. The van der Waals surface area contributed by atoms with Crippen molar-refractivity contribution in [1.29, 1.82) is 0 Å². The number of nitrogens with zero attached hydrogens (tertiary/aromatic N) is 4. The van der Waals surface area contributed by atoms with Crippen LogP contribution in [0.5, 0.6) is 0 Å². The van der Waals surface area contributed by atoms with Gasteiger partial charge in [-0.3, -0.25) is 4.98 Å². The number of unbranched alkanes of at least 4 members (excludes halogenated alkanes) is 2. The highest BCUT2D eigenvalue weighted by molar-refractivity contribution is 5.95. The van der Waals surface area contributed by atoms with Gasteiger partial charge in [0, 0.05) is 31.1 Å². The molecule has 1 aromatic carbocycles.